The van der Waals surface area contributed by atoms with Crippen LogP contribution in [0.25, 0.3) is 0 Å². The molecule has 0 aromatic heterocycles. The lowest BCUT2D eigenvalue weighted by Crippen LogP contribution is -2.00. The standard InChI is InChI=1S/C13H11BrClNO3S/c1-20(17,18)9-3-5-13(11(16)7-9)19-12-4-2-8(14)6-10(12)15/h2-7H,16H2,1H3. The predicted molar refractivity (Wildman–Crippen MR) is 83.2 cm³/mol. The fraction of sp³-hybridized carbons (Fsp3) is 0.0769. The summed E-state index contributed by atoms with van der Waals surface area (Å²) in [5, 5.41) is 0.422. The van der Waals surface area contributed by atoms with Gasteiger partial charge in [0, 0.05) is 10.7 Å². The van der Waals surface area contributed by atoms with E-state index in [0.29, 0.717) is 16.5 Å². The van der Waals surface area contributed by atoms with E-state index in [0.717, 1.165) is 10.7 Å². The van der Waals surface area contributed by atoms with E-state index in [-0.39, 0.29) is 10.6 Å². The summed E-state index contributed by atoms with van der Waals surface area (Å²) in [6.45, 7) is 0. The maximum absolute atomic E-state index is 11.4. The van der Waals surface area contributed by atoms with E-state index in [1.807, 2.05) is 0 Å². The van der Waals surface area contributed by atoms with E-state index in [4.69, 9.17) is 22.1 Å². The first-order chi connectivity index (χ1) is 9.27. The zero-order valence-corrected chi connectivity index (χ0v) is 13.6. The van der Waals surface area contributed by atoms with Crippen LogP contribution in [-0.4, -0.2) is 14.7 Å². The minimum atomic E-state index is -3.30. The summed E-state index contributed by atoms with van der Waals surface area (Å²) in [7, 11) is -3.30. The van der Waals surface area contributed by atoms with Gasteiger partial charge < -0.3 is 10.5 Å². The first-order valence-corrected chi connectivity index (χ1v) is 8.56. The second-order valence-corrected chi connectivity index (χ2v) is 7.49. The van der Waals surface area contributed by atoms with E-state index < -0.39 is 9.84 Å². The Kier molecular flexibility index (Phi) is 4.27. The van der Waals surface area contributed by atoms with Gasteiger partial charge in [-0.1, -0.05) is 27.5 Å². The summed E-state index contributed by atoms with van der Waals surface area (Å²) in [6.07, 6.45) is 1.12. The Morgan fingerprint density at radius 1 is 1.15 bits per heavy atom. The molecule has 0 fully saturated rings. The van der Waals surface area contributed by atoms with Crippen LogP contribution in [0.4, 0.5) is 5.69 Å². The number of halogens is 2. The molecule has 0 bridgehead atoms. The summed E-state index contributed by atoms with van der Waals surface area (Å²) in [6, 6.07) is 9.46. The lowest BCUT2D eigenvalue weighted by Gasteiger charge is -2.11. The minimum absolute atomic E-state index is 0.143. The van der Waals surface area contributed by atoms with Crippen molar-refractivity contribution < 1.29 is 13.2 Å². The Morgan fingerprint density at radius 2 is 1.80 bits per heavy atom. The summed E-state index contributed by atoms with van der Waals surface area (Å²) >= 11 is 9.34. The van der Waals surface area contributed by atoms with Crippen molar-refractivity contribution in [3.63, 3.8) is 0 Å². The molecular formula is C13H11BrClNO3S. The summed E-state index contributed by atoms with van der Waals surface area (Å²) in [4.78, 5) is 0.143. The normalized spacial score (nSPS) is 11.3. The van der Waals surface area contributed by atoms with Crippen LogP contribution in [-0.2, 0) is 9.84 Å². The molecular weight excluding hydrogens is 366 g/mol. The first-order valence-electron chi connectivity index (χ1n) is 5.50. The number of hydrogen-bond acceptors (Lipinski definition) is 4. The van der Waals surface area contributed by atoms with Crippen molar-refractivity contribution in [1.82, 2.24) is 0 Å². The van der Waals surface area contributed by atoms with Gasteiger partial charge in [0.15, 0.2) is 9.84 Å². The van der Waals surface area contributed by atoms with Gasteiger partial charge in [-0.15, -0.1) is 0 Å². The van der Waals surface area contributed by atoms with Gasteiger partial charge in [-0.2, -0.15) is 0 Å². The van der Waals surface area contributed by atoms with Crippen LogP contribution in [0.3, 0.4) is 0 Å². The van der Waals surface area contributed by atoms with Crippen LogP contribution in [0.1, 0.15) is 0 Å². The highest BCUT2D eigenvalue weighted by atomic mass is 79.9. The van der Waals surface area contributed by atoms with E-state index in [1.165, 1.54) is 18.2 Å². The number of sulfone groups is 1. The molecule has 0 saturated heterocycles. The van der Waals surface area contributed by atoms with Gasteiger partial charge in [0.2, 0.25) is 0 Å². The highest BCUT2D eigenvalue weighted by Crippen LogP contribution is 2.34. The predicted octanol–water partition coefficient (Wildman–Crippen LogP) is 3.88. The number of ether oxygens (including phenoxy) is 1. The van der Waals surface area contributed by atoms with Crippen molar-refractivity contribution in [3.05, 3.63) is 45.9 Å². The Hall–Kier alpha value is -1.24. The molecule has 4 nitrogen and oxygen atoms in total. The fourth-order valence-electron chi connectivity index (χ4n) is 1.53. The average molecular weight is 377 g/mol. The molecule has 0 unspecified atom stereocenters. The van der Waals surface area contributed by atoms with Crippen molar-refractivity contribution in [2.45, 2.75) is 4.90 Å². The molecule has 2 aromatic carbocycles. The second kappa shape index (κ2) is 5.63. The Morgan fingerprint density at radius 3 is 2.35 bits per heavy atom. The number of nitrogen functional groups attached to an aromatic ring is 1. The maximum Gasteiger partial charge on any atom is 0.175 e. The topological polar surface area (TPSA) is 69.4 Å². The second-order valence-electron chi connectivity index (χ2n) is 4.15. The zero-order chi connectivity index (χ0) is 14.9. The molecule has 0 aliphatic carbocycles. The lowest BCUT2D eigenvalue weighted by molar-refractivity contribution is 0.485. The molecule has 2 N–H and O–H groups in total. The number of benzene rings is 2. The Bertz CT molecular complexity index is 762. The molecule has 7 heteroatoms. The van der Waals surface area contributed by atoms with Gasteiger partial charge in [-0.25, -0.2) is 8.42 Å². The molecule has 106 valence electrons. The third-order valence-electron chi connectivity index (χ3n) is 2.52. The van der Waals surface area contributed by atoms with Gasteiger partial charge >= 0.3 is 0 Å². The van der Waals surface area contributed by atoms with Crippen LogP contribution in [0.2, 0.25) is 5.02 Å². The molecule has 0 radical (unpaired) electrons. The quantitative estimate of drug-likeness (QED) is 0.825. The molecule has 0 aliphatic heterocycles. The van der Waals surface area contributed by atoms with E-state index in [9.17, 15) is 8.42 Å². The summed E-state index contributed by atoms with van der Waals surface area (Å²) in [5.74, 6) is 0.787. The van der Waals surface area contributed by atoms with Crippen LogP contribution < -0.4 is 10.5 Å². The average Bonchev–Trinajstić information content (AvgIpc) is 2.33. The summed E-state index contributed by atoms with van der Waals surface area (Å²) in [5.41, 5.74) is 6.03. The molecule has 20 heavy (non-hydrogen) atoms. The molecule has 0 saturated carbocycles. The van der Waals surface area contributed by atoms with E-state index >= 15 is 0 Å². The number of nitrogens with two attached hydrogens (primary N) is 1. The maximum atomic E-state index is 11.4. The van der Waals surface area contributed by atoms with Crippen molar-refractivity contribution in [2.24, 2.45) is 0 Å². The molecule has 2 rings (SSSR count). The van der Waals surface area contributed by atoms with Crippen molar-refractivity contribution in [2.75, 3.05) is 12.0 Å². The largest absolute Gasteiger partial charge is 0.454 e. The Labute approximate surface area is 130 Å². The van der Waals surface area contributed by atoms with Crippen LogP contribution in [0.15, 0.2) is 45.8 Å². The van der Waals surface area contributed by atoms with Crippen LogP contribution in [0.5, 0.6) is 11.5 Å². The summed E-state index contributed by atoms with van der Waals surface area (Å²) < 4.78 is 29.3. The smallest absolute Gasteiger partial charge is 0.175 e. The molecule has 0 spiro atoms. The molecule has 0 amide bonds. The zero-order valence-electron chi connectivity index (χ0n) is 10.4. The minimum Gasteiger partial charge on any atom is -0.454 e. The van der Waals surface area contributed by atoms with Crippen molar-refractivity contribution in [3.8, 4) is 11.5 Å². The van der Waals surface area contributed by atoms with Gasteiger partial charge in [0.1, 0.15) is 11.5 Å². The Balaban J connectivity index is 2.35. The number of hydrogen-bond donors (Lipinski definition) is 1. The van der Waals surface area contributed by atoms with Crippen molar-refractivity contribution >= 4 is 43.1 Å². The lowest BCUT2D eigenvalue weighted by atomic mass is 10.3. The van der Waals surface area contributed by atoms with E-state index in [1.54, 1.807) is 18.2 Å². The highest BCUT2D eigenvalue weighted by Gasteiger charge is 2.11. The van der Waals surface area contributed by atoms with E-state index in [2.05, 4.69) is 15.9 Å². The highest BCUT2D eigenvalue weighted by molar-refractivity contribution is 9.10. The molecule has 0 heterocycles. The molecule has 0 aliphatic rings. The monoisotopic (exact) mass is 375 g/mol. The molecule has 2 aromatic rings. The van der Waals surface area contributed by atoms with Gasteiger partial charge in [0.25, 0.3) is 0 Å². The number of anilines is 1. The molecule has 0 atom stereocenters. The van der Waals surface area contributed by atoms with Crippen LogP contribution in [0, 0.1) is 0 Å². The van der Waals surface area contributed by atoms with Crippen LogP contribution >= 0.6 is 27.5 Å². The van der Waals surface area contributed by atoms with Gasteiger partial charge in [-0.3, -0.25) is 0 Å². The first kappa shape index (κ1) is 15.2. The fourth-order valence-corrected chi connectivity index (χ4v) is 2.89. The van der Waals surface area contributed by atoms with Crippen molar-refractivity contribution in [1.29, 1.82) is 0 Å². The third-order valence-corrected chi connectivity index (χ3v) is 4.42. The number of rotatable bonds is 3. The van der Waals surface area contributed by atoms with Gasteiger partial charge in [0.05, 0.1) is 15.6 Å². The third kappa shape index (κ3) is 3.45. The SMILES string of the molecule is CS(=O)(=O)c1ccc(Oc2ccc(Br)cc2Cl)c(N)c1. The van der Waals surface area contributed by atoms with Gasteiger partial charge in [-0.05, 0) is 36.4 Å².